The maximum atomic E-state index is 9.22. The highest BCUT2D eigenvalue weighted by Gasteiger charge is 2.22. The quantitative estimate of drug-likeness (QED) is 0.897. The van der Waals surface area contributed by atoms with Gasteiger partial charge in [0, 0.05) is 17.2 Å². The first-order valence-corrected chi connectivity index (χ1v) is 6.46. The first kappa shape index (κ1) is 13.7. The minimum Gasteiger partial charge on any atom is -0.388 e. The predicted octanol–water partition coefficient (Wildman–Crippen LogP) is 3.24. The maximum Gasteiger partial charge on any atom is 0.153 e. The van der Waals surface area contributed by atoms with Gasteiger partial charge in [0.05, 0.1) is 5.69 Å². The van der Waals surface area contributed by atoms with Gasteiger partial charge in [0.25, 0.3) is 0 Å². The molecule has 1 aromatic carbocycles. The van der Waals surface area contributed by atoms with Gasteiger partial charge in [-0.3, -0.25) is 0 Å². The van der Waals surface area contributed by atoms with Crippen molar-refractivity contribution in [1.82, 2.24) is 9.97 Å². The molecule has 0 saturated carbocycles. The summed E-state index contributed by atoms with van der Waals surface area (Å²) in [7, 11) is 0. The van der Waals surface area contributed by atoms with Crippen LogP contribution >= 0.6 is 0 Å². The van der Waals surface area contributed by atoms with Gasteiger partial charge in [0.15, 0.2) is 5.82 Å². The molecule has 0 atom stereocenters. The Morgan fingerprint density at radius 3 is 2.37 bits per heavy atom. The third kappa shape index (κ3) is 2.82. The topological polar surface area (TPSA) is 46.0 Å². The molecule has 0 bridgehead atoms. The van der Waals surface area contributed by atoms with Crippen LogP contribution in [0.25, 0.3) is 11.1 Å². The lowest BCUT2D eigenvalue weighted by molar-refractivity contribution is 0.270. The Bertz CT molecular complexity index is 586. The molecule has 100 valence electrons. The van der Waals surface area contributed by atoms with Gasteiger partial charge in [0.1, 0.15) is 6.61 Å². The van der Waals surface area contributed by atoms with Crippen LogP contribution in [0.4, 0.5) is 0 Å². The normalized spacial score (nSPS) is 11.6. The Labute approximate surface area is 114 Å². The fourth-order valence-corrected chi connectivity index (χ4v) is 2.14. The minimum absolute atomic E-state index is 0.0928. The van der Waals surface area contributed by atoms with E-state index in [1.165, 1.54) is 5.56 Å². The second-order valence-corrected chi connectivity index (χ2v) is 5.77. The van der Waals surface area contributed by atoms with Crippen molar-refractivity contribution in [3.63, 3.8) is 0 Å². The Kier molecular flexibility index (Phi) is 3.67. The number of rotatable bonds is 2. The lowest BCUT2D eigenvalue weighted by atomic mass is 9.86. The van der Waals surface area contributed by atoms with Crippen LogP contribution in [-0.2, 0) is 12.0 Å². The average Bonchev–Trinajstić information content (AvgIpc) is 2.38. The van der Waals surface area contributed by atoms with E-state index in [9.17, 15) is 5.11 Å². The molecule has 3 heteroatoms. The van der Waals surface area contributed by atoms with E-state index in [-0.39, 0.29) is 12.0 Å². The van der Waals surface area contributed by atoms with Crippen LogP contribution < -0.4 is 0 Å². The Hall–Kier alpha value is -1.74. The summed E-state index contributed by atoms with van der Waals surface area (Å²) in [5, 5.41) is 9.22. The van der Waals surface area contributed by atoms with Crippen LogP contribution in [0, 0.1) is 6.92 Å². The number of hydrogen-bond acceptors (Lipinski definition) is 3. The highest BCUT2D eigenvalue weighted by atomic mass is 16.3. The highest BCUT2D eigenvalue weighted by Crippen LogP contribution is 2.32. The van der Waals surface area contributed by atoms with Crippen LogP contribution in [0.5, 0.6) is 0 Å². The van der Waals surface area contributed by atoms with E-state index in [0.29, 0.717) is 5.82 Å². The Balaban J connectivity index is 2.67. The smallest absolute Gasteiger partial charge is 0.153 e. The van der Waals surface area contributed by atoms with Crippen molar-refractivity contribution in [2.45, 2.75) is 39.7 Å². The van der Waals surface area contributed by atoms with Crippen molar-refractivity contribution in [3.8, 4) is 11.1 Å². The molecule has 0 spiro atoms. The van der Waals surface area contributed by atoms with E-state index in [1.54, 1.807) is 0 Å². The van der Waals surface area contributed by atoms with Gasteiger partial charge in [-0.15, -0.1) is 0 Å². The molecule has 0 amide bonds. The fourth-order valence-electron chi connectivity index (χ4n) is 2.14. The maximum absolute atomic E-state index is 9.22. The van der Waals surface area contributed by atoms with E-state index >= 15 is 0 Å². The van der Waals surface area contributed by atoms with E-state index < -0.39 is 0 Å². The highest BCUT2D eigenvalue weighted by molar-refractivity contribution is 5.69. The van der Waals surface area contributed by atoms with Crippen LogP contribution in [0.1, 0.15) is 37.9 Å². The lowest BCUT2D eigenvalue weighted by Crippen LogP contribution is -2.17. The standard InChI is InChI=1S/C16H20N2O/c1-11-7-5-6-8-12(11)13-9-17-14(10-19)18-15(13)16(2,3)4/h5-9,19H,10H2,1-4H3. The summed E-state index contributed by atoms with van der Waals surface area (Å²) in [6, 6.07) is 8.22. The van der Waals surface area contributed by atoms with E-state index in [1.807, 2.05) is 18.3 Å². The molecule has 0 aliphatic rings. The monoisotopic (exact) mass is 256 g/mol. The van der Waals surface area contributed by atoms with Gasteiger partial charge in [-0.25, -0.2) is 9.97 Å². The summed E-state index contributed by atoms with van der Waals surface area (Å²) in [6.07, 6.45) is 1.82. The molecule has 0 aliphatic carbocycles. The zero-order chi connectivity index (χ0) is 14.0. The molecular formula is C16H20N2O. The summed E-state index contributed by atoms with van der Waals surface area (Å²) in [5.74, 6) is 0.474. The lowest BCUT2D eigenvalue weighted by Gasteiger charge is -2.22. The van der Waals surface area contributed by atoms with Gasteiger partial charge in [-0.05, 0) is 18.1 Å². The molecule has 0 radical (unpaired) electrons. The summed E-state index contributed by atoms with van der Waals surface area (Å²) in [6.45, 7) is 8.33. The largest absolute Gasteiger partial charge is 0.388 e. The van der Waals surface area contributed by atoms with Crippen molar-refractivity contribution < 1.29 is 5.11 Å². The van der Waals surface area contributed by atoms with Crippen LogP contribution in [0.3, 0.4) is 0 Å². The number of aliphatic hydroxyl groups is 1. The Morgan fingerprint density at radius 1 is 1.11 bits per heavy atom. The van der Waals surface area contributed by atoms with Crippen molar-refractivity contribution in [2.24, 2.45) is 0 Å². The molecule has 2 rings (SSSR count). The molecule has 0 saturated heterocycles. The van der Waals surface area contributed by atoms with Crippen molar-refractivity contribution in [1.29, 1.82) is 0 Å². The van der Waals surface area contributed by atoms with Gasteiger partial charge in [0.2, 0.25) is 0 Å². The summed E-state index contributed by atoms with van der Waals surface area (Å²) >= 11 is 0. The van der Waals surface area contributed by atoms with Crippen LogP contribution in [0.15, 0.2) is 30.5 Å². The molecule has 2 aromatic rings. The minimum atomic E-state index is -0.128. The fraction of sp³-hybridized carbons (Fsp3) is 0.375. The third-order valence-electron chi connectivity index (χ3n) is 3.13. The summed E-state index contributed by atoms with van der Waals surface area (Å²) in [4.78, 5) is 8.75. The van der Waals surface area contributed by atoms with E-state index in [2.05, 4.69) is 49.8 Å². The average molecular weight is 256 g/mol. The number of aliphatic hydroxyl groups excluding tert-OH is 1. The van der Waals surface area contributed by atoms with Gasteiger partial charge < -0.3 is 5.11 Å². The van der Waals surface area contributed by atoms with Crippen molar-refractivity contribution >= 4 is 0 Å². The molecular weight excluding hydrogens is 236 g/mol. The SMILES string of the molecule is Cc1ccccc1-c1cnc(CO)nc1C(C)(C)C. The van der Waals surface area contributed by atoms with Crippen LogP contribution in [-0.4, -0.2) is 15.1 Å². The number of aryl methyl sites for hydroxylation is 1. The summed E-state index contributed by atoms with van der Waals surface area (Å²) < 4.78 is 0. The van der Waals surface area contributed by atoms with Crippen LogP contribution in [0.2, 0.25) is 0 Å². The van der Waals surface area contributed by atoms with Gasteiger partial charge >= 0.3 is 0 Å². The number of benzene rings is 1. The number of hydrogen-bond donors (Lipinski definition) is 1. The molecule has 0 aliphatic heterocycles. The molecule has 0 unspecified atom stereocenters. The number of aromatic nitrogens is 2. The third-order valence-corrected chi connectivity index (χ3v) is 3.13. The Morgan fingerprint density at radius 2 is 1.79 bits per heavy atom. The van der Waals surface area contributed by atoms with Gasteiger partial charge in [-0.1, -0.05) is 45.0 Å². The van der Waals surface area contributed by atoms with Crippen molar-refractivity contribution in [3.05, 3.63) is 47.5 Å². The molecule has 0 fully saturated rings. The second-order valence-electron chi connectivity index (χ2n) is 5.77. The van der Waals surface area contributed by atoms with E-state index in [4.69, 9.17) is 0 Å². The second kappa shape index (κ2) is 5.10. The van der Waals surface area contributed by atoms with Crippen molar-refractivity contribution in [2.75, 3.05) is 0 Å². The molecule has 3 nitrogen and oxygen atoms in total. The summed E-state index contributed by atoms with van der Waals surface area (Å²) in [5.41, 5.74) is 4.28. The van der Waals surface area contributed by atoms with E-state index in [0.717, 1.165) is 16.8 Å². The predicted molar refractivity (Wildman–Crippen MR) is 76.8 cm³/mol. The molecule has 1 aromatic heterocycles. The number of nitrogens with zero attached hydrogens (tertiary/aromatic N) is 2. The molecule has 19 heavy (non-hydrogen) atoms. The molecule has 1 heterocycles. The van der Waals surface area contributed by atoms with Gasteiger partial charge in [-0.2, -0.15) is 0 Å². The first-order chi connectivity index (χ1) is 8.93. The first-order valence-electron chi connectivity index (χ1n) is 6.46. The zero-order valence-corrected chi connectivity index (χ0v) is 11.9. The zero-order valence-electron chi connectivity index (χ0n) is 11.9. The molecule has 1 N–H and O–H groups in total.